The predicted octanol–water partition coefficient (Wildman–Crippen LogP) is 3.29. The Kier molecular flexibility index (Phi) is 5.53. The lowest BCUT2D eigenvalue weighted by Crippen LogP contribution is -2.09. The molecule has 4 heteroatoms. The molecule has 0 radical (unpaired) electrons. The minimum absolute atomic E-state index is 0.140. The molecule has 14 heavy (non-hydrogen) atoms. The van der Waals surface area contributed by atoms with Crippen molar-refractivity contribution in [2.24, 2.45) is 0 Å². The molecule has 0 N–H and O–H groups in total. The highest BCUT2D eigenvalue weighted by Gasteiger charge is 2.27. The fourth-order valence-corrected chi connectivity index (χ4v) is 4.38. The van der Waals surface area contributed by atoms with Crippen molar-refractivity contribution in [1.82, 2.24) is 0 Å². The molecule has 0 heterocycles. The zero-order chi connectivity index (χ0) is 10.6. The molecule has 0 aromatic heterocycles. The van der Waals surface area contributed by atoms with Gasteiger partial charge in [0.1, 0.15) is 12.5 Å². The van der Waals surface area contributed by atoms with E-state index in [0.29, 0.717) is 10.4 Å². The summed E-state index contributed by atoms with van der Waals surface area (Å²) in [4.78, 5) is 2.74. The summed E-state index contributed by atoms with van der Waals surface area (Å²) < 4.78 is 0. The maximum absolute atomic E-state index is 5.89. The van der Waals surface area contributed by atoms with E-state index in [1.165, 1.54) is 9.79 Å². The summed E-state index contributed by atoms with van der Waals surface area (Å²) >= 11 is 11.8. The number of rotatable bonds is 4. The zero-order valence-corrected chi connectivity index (χ0v) is 11.4. The summed E-state index contributed by atoms with van der Waals surface area (Å²) in [5.74, 6) is 0. The lowest BCUT2D eigenvalue weighted by Gasteiger charge is -2.03. The third-order valence-electron chi connectivity index (χ3n) is 1.93. The summed E-state index contributed by atoms with van der Waals surface area (Å²) in [6.07, 6.45) is 4.36. The highest BCUT2D eigenvalue weighted by molar-refractivity contribution is 8.00. The Balaban J connectivity index is 3.02. The van der Waals surface area contributed by atoms with Crippen LogP contribution in [-0.2, 0) is 21.8 Å². The number of alkyl halides is 2. The Morgan fingerprint density at radius 1 is 0.929 bits per heavy atom. The first-order chi connectivity index (χ1) is 6.70. The maximum Gasteiger partial charge on any atom is 0.210 e. The Bertz CT molecular complexity index is 262. The summed E-state index contributed by atoms with van der Waals surface area (Å²) in [7, 11) is 0.279. The molecule has 0 fully saturated rings. The van der Waals surface area contributed by atoms with Gasteiger partial charge >= 0.3 is 0 Å². The van der Waals surface area contributed by atoms with Crippen LogP contribution in [0, 0.1) is 0 Å². The van der Waals surface area contributed by atoms with Crippen molar-refractivity contribution in [3.63, 3.8) is 0 Å². The fraction of sp³-hybridized carbons (Fsp3) is 0.400. The average Bonchev–Trinajstić information content (AvgIpc) is 2.27. The van der Waals surface area contributed by atoms with E-state index in [2.05, 4.69) is 36.8 Å². The zero-order valence-electron chi connectivity index (χ0n) is 8.30. The molecule has 0 aliphatic heterocycles. The van der Waals surface area contributed by atoms with Crippen LogP contribution in [0.1, 0.15) is 0 Å². The predicted molar refractivity (Wildman–Crippen MR) is 71.0 cm³/mol. The molecule has 1 aromatic carbocycles. The van der Waals surface area contributed by atoms with Crippen LogP contribution in [0.2, 0.25) is 0 Å². The van der Waals surface area contributed by atoms with Crippen LogP contribution in [0.5, 0.6) is 0 Å². The molecule has 78 valence electrons. The molecule has 0 spiro atoms. The maximum atomic E-state index is 5.89. The average molecular weight is 269 g/mol. The van der Waals surface area contributed by atoms with E-state index in [4.69, 9.17) is 23.2 Å². The first-order valence-corrected chi connectivity index (χ1v) is 8.84. The van der Waals surface area contributed by atoms with Gasteiger partial charge in [0.05, 0.1) is 0 Å². The van der Waals surface area contributed by atoms with Crippen LogP contribution in [0.3, 0.4) is 0 Å². The van der Waals surface area contributed by atoms with Gasteiger partial charge in [-0.3, -0.25) is 0 Å². The van der Waals surface area contributed by atoms with Crippen molar-refractivity contribution in [1.29, 1.82) is 0 Å². The monoisotopic (exact) mass is 268 g/mol. The normalized spacial score (nSPS) is 15.1. The first-order valence-electron chi connectivity index (χ1n) is 4.16. The topological polar surface area (TPSA) is 0 Å². The molecule has 0 saturated carbocycles. The van der Waals surface area contributed by atoms with Crippen molar-refractivity contribution in [3.8, 4) is 0 Å². The Morgan fingerprint density at radius 2 is 1.29 bits per heavy atom. The van der Waals surface area contributed by atoms with Crippen molar-refractivity contribution in [2.75, 3.05) is 22.9 Å². The van der Waals surface area contributed by atoms with Crippen molar-refractivity contribution >= 4 is 45.0 Å². The van der Waals surface area contributed by atoms with Crippen LogP contribution in [-0.4, -0.2) is 22.9 Å². The second-order valence-corrected chi connectivity index (χ2v) is 8.11. The number of hydrogen-bond donors (Lipinski definition) is 0. The van der Waals surface area contributed by atoms with Crippen molar-refractivity contribution in [3.05, 3.63) is 24.3 Å². The van der Waals surface area contributed by atoms with E-state index >= 15 is 0 Å². The lowest BCUT2D eigenvalue weighted by atomic mass is 10.4. The van der Waals surface area contributed by atoms with Gasteiger partial charge in [0.2, 0.25) is 9.79 Å². The number of hydrogen-bond acceptors (Lipinski definition) is 0. The largest absolute Gasteiger partial charge is 0.210 e. The molecule has 2 atom stereocenters. The quantitative estimate of drug-likeness (QED) is 0.581. The molecule has 0 bridgehead atoms. The second-order valence-electron chi connectivity index (χ2n) is 2.94. The smallest absolute Gasteiger partial charge is 0.0678 e. The van der Waals surface area contributed by atoms with Crippen LogP contribution < -0.4 is 0 Å². The lowest BCUT2D eigenvalue weighted by molar-refractivity contribution is 1.23. The second kappa shape index (κ2) is 6.16. The fourth-order valence-electron chi connectivity index (χ4n) is 1.14. The van der Waals surface area contributed by atoms with Gasteiger partial charge in [-0.25, -0.2) is 0 Å². The van der Waals surface area contributed by atoms with Crippen LogP contribution in [0.25, 0.3) is 0 Å². The standard InChI is InChI=1S/C10H14Cl2S2/c1-13(7-11)9-5-3-4-6-10(9)14(2)8-12/h3-6H,7-8H2,1-2H3/q+2. The van der Waals surface area contributed by atoms with Gasteiger partial charge in [-0.05, 0) is 12.1 Å². The highest BCUT2D eigenvalue weighted by atomic mass is 35.5. The van der Waals surface area contributed by atoms with Crippen LogP contribution in [0.4, 0.5) is 0 Å². The first kappa shape index (κ1) is 12.6. The SMILES string of the molecule is C[S+](CCl)c1ccccc1[S+](C)CCl. The molecule has 0 nitrogen and oxygen atoms in total. The Labute approximate surface area is 102 Å². The summed E-state index contributed by atoms with van der Waals surface area (Å²) in [6, 6.07) is 8.47. The molecule has 0 saturated heterocycles. The molecule has 0 aliphatic rings. The Hall–Kier alpha value is 0.500. The summed E-state index contributed by atoms with van der Waals surface area (Å²) in [5, 5.41) is 1.38. The van der Waals surface area contributed by atoms with E-state index in [-0.39, 0.29) is 21.8 Å². The summed E-state index contributed by atoms with van der Waals surface area (Å²) in [6.45, 7) is 0. The molecule has 0 aliphatic carbocycles. The van der Waals surface area contributed by atoms with Crippen molar-refractivity contribution < 1.29 is 0 Å². The van der Waals surface area contributed by atoms with Crippen LogP contribution >= 0.6 is 23.2 Å². The summed E-state index contributed by atoms with van der Waals surface area (Å²) in [5.41, 5.74) is 0. The molecule has 2 unspecified atom stereocenters. The van der Waals surface area contributed by atoms with E-state index in [1.54, 1.807) is 0 Å². The highest BCUT2D eigenvalue weighted by Crippen LogP contribution is 2.24. The Morgan fingerprint density at radius 3 is 1.57 bits per heavy atom. The minimum atomic E-state index is 0.140. The van der Waals surface area contributed by atoms with Gasteiger partial charge in [-0.1, -0.05) is 35.3 Å². The van der Waals surface area contributed by atoms with E-state index in [1.807, 2.05) is 0 Å². The van der Waals surface area contributed by atoms with E-state index in [0.717, 1.165) is 0 Å². The van der Waals surface area contributed by atoms with Gasteiger partial charge in [0.25, 0.3) is 0 Å². The molecular formula is C10H14Cl2S2+2. The van der Waals surface area contributed by atoms with Crippen molar-refractivity contribution in [2.45, 2.75) is 9.79 Å². The van der Waals surface area contributed by atoms with Gasteiger partial charge in [-0.15, -0.1) is 0 Å². The van der Waals surface area contributed by atoms with Gasteiger partial charge in [-0.2, -0.15) is 0 Å². The van der Waals surface area contributed by atoms with E-state index < -0.39 is 0 Å². The van der Waals surface area contributed by atoms with Gasteiger partial charge in [0, 0.05) is 21.8 Å². The third-order valence-corrected chi connectivity index (χ3v) is 6.89. The third kappa shape index (κ3) is 2.99. The van der Waals surface area contributed by atoms with E-state index in [9.17, 15) is 0 Å². The molecule has 1 rings (SSSR count). The number of halogens is 2. The van der Waals surface area contributed by atoms with Gasteiger partial charge < -0.3 is 0 Å². The van der Waals surface area contributed by atoms with Gasteiger partial charge in [0.15, 0.2) is 10.4 Å². The molecule has 0 amide bonds. The number of benzene rings is 1. The van der Waals surface area contributed by atoms with Crippen LogP contribution in [0.15, 0.2) is 34.1 Å². The molecular weight excluding hydrogens is 255 g/mol. The minimum Gasteiger partial charge on any atom is -0.0678 e. The molecule has 1 aromatic rings.